The van der Waals surface area contributed by atoms with E-state index in [0.717, 1.165) is 31.1 Å². The molecule has 1 saturated heterocycles. The topological polar surface area (TPSA) is 58.6 Å². The smallest absolute Gasteiger partial charge is 0.240 e. The van der Waals surface area contributed by atoms with Crippen LogP contribution in [0.5, 0.6) is 5.75 Å². The molecule has 146 valence electrons. The Morgan fingerprint density at radius 3 is 2.19 bits per heavy atom. The second-order valence-electron chi connectivity index (χ2n) is 7.28. The Labute approximate surface area is 162 Å². The minimum absolute atomic E-state index is 0.235. The van der Waals surface area contributed by atoms with Crippen LogP contribution in [0.4, 0.5) is 0 Å². The Bertz CT molecular complexity index is 825. The summed E-state index contributed by atoms with van der Waals surface area (Å²) in [5.74, 6) is 1.47. The number of rotatable bonds is 7. The first-order valence-electron chi connectivity index (χ1n) is 9.40. The summed E-state index contributed by atoms with van der Waals surface area (Å²) >= 11 is 0. The average Bonchev–Trinajstić information content (AvgIpc) is 2.69. The van der Waals surface area contributed by atoms with E-state index in [1.54, 1.807) is 31.4 Å². The molecule has 0 unspecified atom stereocenters. The summed E-state index contributed by atoms with van der Waals surface area (Å²) in [6, 6.07) is 14.6. The molecule has 6 heteroatoms. The number of piperidine rings is 1. The molecule has 0 atom stereocenters. The third-order valence-corrected chi connectivity index (χ3v) is 6.56. The molecule has 5 nitrogen and oxygen atoms in total. The number of nitrogens with one attached hydrogen (secondary N) is 1. The van der Waals surface area contributed by atoms with Gasteiger partial charge in [-0.2, -0.15) is 0 Å². The highest BCUT2D eigenvalue weighted by atomic mass is 32.2. The Kier molecular flexibility index (Phi) is 6.52. The summed E-state index contributed by atoms with van der Waals surface area (Å²) in [5.41, 5.74) is 2.22. The molecule has 2 aromatic carbocycles. The Morgan fingerprint density at radius 1 is 1.00 bits per heavy atom. The van der Waals surface area contributed by atoms with E-state index in [9.17, 15) is 8.42 Å². The van der Waals surface area contributed by atoms with E-state index in [4.69, 9.17) is 4.74 Å². The number of hydrogen-bond acceptors (Lipinski definition) is 4. The summed E-state index contributed by atoms with van der Waals surface area (Å²) in [6.45, 7) is 5.87. The summed E-state index contributed by atoms with van der Waals surface area (Å²) in [4.78, 5) is 2.72. The molecule has 0 bridgehead atoms. The maximum Gasteiger partial charge on any atom is 0.240 e. The Hall–Kier alpha value is -1.89. The maximum atomic E-state index is 12.4. The van der Waals surface area contributed by atoms with Crippen molar-refractivity contribution in [2.45, 2.75) is 37.8 Å². The van der Waals surface area contributed by atoms with Gasteiger partial charge < -0.3 is 4.74 Å². The number of likely N-dealkylation sites (tertiary alicyclic amines) is 1. The molecule has 0 saturated carbocycles. The van der Waals surface area contributed by atoms with Gasteiger partial charge >= 0.3 is 0 Å². The largest absolute Gasteiger partial charge is 0.497 e. The quantitative estimate of drug-likeness (QED) is 0.790. The normalized spacial score (nSPS) is 16.4. The van der Waals surface area contributed by atoms with Crippen molar-refractivity contribution in [2.75, 3.05) is 20.2 Å². The molecule has 1 N–H and O–H groups in total. The highest BCUT2D eigenvalue weighted by Gasteiger charge is 2.16. The lowest BCUT2D eigenvalue weighted by Gasteiger charge is -2.30. The molecule has 1 aliphatic heterocycles. The molecule has 2 aromatic rings. The van der Waals surface area contributed by atoms with Crippen LogP contribution in [0, 0.1) is 5.92 Å². The molecule has 1 fully saturated rings. The summed E-state index contributed by atoms with van der Waals surface area (Å²) < 4.78 is 32.5. The third-order valence-electron chi connectivity index (χ3n) is 5.14. The van der Waals surface area contributed by atoms with Crippen LogP contribution in [0.1, 0.15) is 30.9 Å². The standard InChI is InChI=1S/C21H28N2O3S/c1-17-11-13-23(14-12-17)16-19-5-3-18(4-6-19)15-22-27(24,25)21-9-7-20(26-2)8-10-21/h3-10,17,22H,11-16H2,1-2H3. The number of nitrogens with zero attached hydrogens (tertiary/aromatic N) is 1. The molecule has 0 aromatic heterocycles. The predicted molar refractivity (Wildman–Crippen MR) is 107 cm³/mol. The van der Waals surface area contributed by atoms with E-state index >= 15 is 0 Å². The van der Waals surface area contributed by atoms with Crippen molar-refractivity contribution in [3.8, 4) is 5.75 Å². The number of sulfonamides is 1. The monoisotopic (exact) mass is 388 g/mol. The van der Waals surface area contributed by atoms with Crippen LogP contribution in [0.15, 0.2) is 53.4 Å². The minimum Gasteiger partial charge on any atom is -0.497 e. The van der Waals surface area contributed by atoms with Crippen LogP contribution in [-0.2, 0) is 23.1 Å². The molecule has 1 aliphatic rings. The first-order chi connectivity index (χ1) is 13.0. The lowest BCUT2D eigenvalue weighted by molar-refractivity contribution is 0.185. The fourth-order valence-corrected chi connectivity index (χ4v) is 4.28. The van der Waals surface area contributed by atoms with E-state index in [2.05, 4.69) is 28.7 Å². The van der Waals surface area contributed by atoms with E-state index < -0.39 is 10.0 Å². The fraction of sp³-hybridized carbons (Fsp3) is 0.429. The van der Waals surface area contributed by atoms with Crippen molar-refractivity contribution in [1.82, 2.24) is 9.62 Å². The van der Waals surface area contributed by atoms with Crippen LogP contribution in [0.3, 0.4) is 0 Å². The highest BCUT2D eigenvalue weighted by molar-refractivity contribution is 7.89. The van der Waals surface area contributed by atoms with Gasteiger partial charge in [0.05, 0.1) is 12.0 Å². The van der Waals surface area contributed by atoms with Gasteiger partial charge in [-0.1, -0.05) is 31.2 Å². The maximum absolute atomic E-state index is 12.4. The molecule has 0 spiro atoms. The summed E-state index contributed by atoms with van der Waals surface area (Å²) in [6.07, 6.45) is 2.54. The van der Waals surface area contributed by atoms with E-state index in [1.165, 1.54) is 18.4 Å². The number of hydrogen-bond donors (Lipinski definition) is 1. The Morgan fingerprint density at radius 2 is 1.59 bits per heavy atom. The fourth-order valence-electron chi connectivity index (χ4n) is 3.26. The number of methoxy groups -OCH3 is 1. The third kappa shape index (κ3) is 5.54. The molecular formula is C21H28N2O3S. The summed E-state index contributed by atoms with van der Waals surface area (Å²) in [7, 11) is -1.98. The molecule has 0 radical (unpaired) electrons. The van der Waals surface area contributed by atoms with Crippen LogP contribution in [0.25, 0.3) is 0 Å². The number of ether oxygens (including phenoxy) is 1. The van der Waals surface area contributed by atoms with E-state index in [1.807, 2.05) is 12.1 Å². The van der Waals surface area contributed by atoms with Gasteiger partial charge in [-0.25, -0.2) is 13.1 Å². The second-order valence-corrected chi connectivity index (χ2v) is 9.04. The number of benzene rings is 2. The molecule has 0 aliphatic carbocycles. The zero-order chi connectivity index (χ0) is 19.3. The van der Waals surface area contributed by atoms with Gasteiger partial charge in [-0.15, -0.1) is 0 Å². The molecule has 0 amide bonds. The average molecular weight is 389 g/mol. The summed E-state index contributed by atoms with van der Waals surface area (Å²) in [5, 5.41) is 0. The molecule has 1 heterocycles. The first kappa shape index (κ1) is 19.9. The van der Waals surface area contributed by atoms with E-state index in [-0.39, 0.29) is 11.4 Å². The van der Waals surface area contributed by atoms with Gasteiger partial charge in [0.25, 0.3) is 0 Å². The van der Waals surface area contributed by atoms with Gasteiger partial charge in [-0.05, 0) is 67.2 Å². The van der Waals surface area contributed by atoms with Gasteiger partial charge in [0.1, 0.15) is 5.75 Å². The highest BCUT2D eigenvalue weighted by Crippen LogP contribution is 2.19. The van der Waals surface area contributed by atoms with E-state index in [0.29, 0.717) is 5.75 Å². The van der Waals surface area contributed by atoms with Gasteiger partial charge in [-0.3, -0.25) is 4.90 Å². The molecule has 27 heavy (non-hydrogen) atoms. The lowest BCUT2D eigenvalue weighted by atomic mass is 9.99. The van der Waals surface area contributed by atoms with Crippen molar-refractivity contribution in [3.05, 3.63) is 59.7 Å². The van der Waals surface area contributed by atoms with Gasteiger partial charge in [0.2, 0.25) is 10.0 Å². The van der Waals surface area contributed by atoms with Crippen molar-refractivity contribution in [3.63, 3.8) is 0 Å². The Balaban J connectivity index is 1.54. The van der Waals surface area contributed by atoms with Crippen LogP contribution >= 0.6 is 0 Å². The van der Waals surface area contributed by atoms with Crippen molar-refractivity contribution in [2.24, 2.45) is 5.92 Å². The van der Waals surface area contributed by atoms with Crippen molar-refractivity contribution >= 4 is 10.0 Å². The predicted octanol–water partition coefficient (Wildman–Crippen LogP) is 3.41. The van der Waals surface area contributed by atoms with Crippen molar-refractivity contribution in [1.29, 1.82) is 0 Å². The minimum atomic E-state index is -3.54. The SMILES string of the molecule is COc1ccc(S(=O)(=O)NCc2ccc(CN3CCC(C)CC3)cc2)cc1. The van der Waals surface area contributed by atoms with Gasteiger partial charge in [0, 0.05) is 13.1 Å². The zero-order valence-electron chi connectivity index (χ0n) is 16.0. The van der Waals surface area contributed by atoms with Crippen LogP contribution < -0.4 is 9.46 Å². The van der Waals surface area contributed by atoms with Gasteiger partial charge in [0.15, 0.2) is 0 Å². The molecule has 3 rings (SSSR count). The van der Waals surface area contributed by atoms with Crippen LogP contribution in [-0.4, -0.2) is 33.5 Å². The second kappa shape index (κ2) is 8.87. The zero-order valence-corrected chi connectivity index (χ0v) is 16.8. The van der Waals surface area contributed by atoms with Crippen LogP contribution in [0.2, 0.25) is 0 Å². The lowest BCUT2D eigenvalue weighted by Crippen LogP contribution is -2.32. The molecular weight excluding hydrogens is 360 g/mol. The van der Waals surface area contributed by atoms with Crippen molar-refractivity contribution < 1.29 is 13.2 Å². The first-order valence-corrected chi connectivity index (χ1v) is 10.9.